The van der Waals surface area contributed by atoms with Gasteiger partial charge in [0.25, 0.3) is 0 Å². The Kier molecular flexibility index (Phi) is 4.67. The molecule has 8 heteroatoms. The van der Waals surface area contributed by atoms with Crippen molar-refractivity contribution in [1.29, 1.82) is 0 Å². The number of hydrogen-bond donors (Lipinski definition) is 2. The monoisotopic (exact) mass is 344 g/mol. The Morgan fingerprint density at radius 3 is 2.60 bits per heavy atom. The maximum atomic E-state index is 11.7. The summed E-state index contributed by atoms with van der Waals surface area (Å²) in [4.78, 5) is 22.5. The summed E-state index contributed by atoms with van der Waals surface area (Å²) in [5, 5.41) is 4.94. The van der Waals surface area contributed by atoms with Crippen LogP contribution in [0.25, 0.3) is 0 Å². The third kappa shape index (κ3) is 3.53. The Bertz CT molecular complexity index is 535. The standard InChI is InChI=1S/C12H13BrN2O5/c1-18-12(17)14-6-11(16)15-8-5-10-9(4-7(8)13)19-2-3-20-10/h4-5H,2-3,6H2,1H3,(H,14,17)(H,15,16). The fourth-order valence-electron chi connectivity index (χ4n) is 1.58. The van der Waals surface area contributed by atoms with Gasteiger partial charge in [-0.15, -0.1) is 0 Å². The fraction of sp³-hybridized carbons (Fsp3) is 0.333. The Hall–Kier alpha value is -1.96. The summed E-state index contributed by atoms with van der Waals surface area (Å²) in [5.74, 6) is 0.803. The summed E-state index contributed by atoms with van der Waals surface area (Å²) < 4.78 is 15.9. The molecule has 108 valence electrons. The molecule has 1 heterocycles. The molecule has 0 bridgehead atoms. The number of benzene rings is 1. The summed E-state index contributed by atoms with van der Waals surface area (Å²) >= 11 is 3.34. The summed E-state index contributed by atoms with van der Waals surface area (Å²) in [6.45, 7) is 0.771. The van der Waals surface area contributed by atoms with Gasteiger partial charge in [-0.05, 0) is 15.9 Å². The number of nitrogens with one attached hydrogen (secondary N) is 2. The zero-order valence-electron chi connectivity index (χ0n) is 10.7. The number of fused-ring (bicyclic) bond motifs is 1. The molecule has 2 rings (SSSR count). The highest BCUT2D eigenvalue weighted by molar-refractivity contribution is 9.10. The van der Waals surface area contributed by atoms with Crippen molar-refractivity contribution in [3.63, 3.8) is 0 Å². The number of halogens is 1. The molecule has 0 spiro atoms. The second-order valence-corrected chi connectivity index (χ2v) is 4.72. The molecule has 7 nitrogen and oxygen atoms in total. The van der Waals surface area contributed by atoms with Crippen LogP contribution in [-0.4, -0.2) is 38.9 Å². The largest absolute Gasteiger partial charge is 0.486 e. The fourth-order valence-corrected chi connectivity index (χ4v) is 2.00. The van der Waals surface area contributed by atoms with E-state index < -0.39 is 6.09 Å². The maximum absolute atomic E-state index is 11.7. The highest BCUT2D eigenvalue weighted by atomic mass is 79.9. The van der Waals surface area contributed by atoms with Crippen molar-refractivity contribution in [3.05, 3.63) is 16.6 Å². The van der Waals surface area contributed by atoms with Crippen molar-refractivity contribution >= 4 is 33.6 Å². The van der Waals surface area contributed by atoms with E-state index in [0.29, 0.717) is 34.9 Å². The molecule has 1 aliphatic rings. The molecule has 2 amide bonds. The predicted octanol–water partition coefficient (Wildman–Crippen LogP) is 1.51. The average molecular weight is 345 g/mol. The molecular formula is C12H13BrN2O5. The molecule has 20 heavy (non-hydrogen) atoms. The summed E-state index contributed by atoms with van der Waals surface area (Å²) in [5.41, 5.74) is 0.533. The van der Waals surface area contributed by atoms with Gasteiger partial charge in [0, 0.05) is 16.6 Å². The van der Waals surface area contributed by atoms with Gasteiger partial charge in [-0.25, -0.2) is 4.79 Å². The third-order valence-corrected chi connectivity index (χ3v) is 3.14. The lowest BCUT2D eigenvalue weighted by molar-refractivity contribution is -0.115. The van der Waals surface area contributed by atoms with Gasteiger partial charge in [-0.1, -0.05) is 0 Å². The van der Waals surface area contributed by atoms with Gasteiger partial charge < -0.3 is 24.8 Å². The van der Waals surface area contributed by atoms with Crippen LogP contribution in [0.3, 0.4) is 0 Å². The minimum atomic E-state index is -0.665. The number of carbonyl (C=O) groups excluding carboxylic acids is 2. The number of amides is 2. The van der Waals surface area contributed by atoms with Crippen LogP contribution in [0, 0.1) is 0 Å². The molecule has 0 radical (unpaired) electrons. The van der Waals surface area contributed by atoms with E-state index in [1.807, 2.05) is 0 Å². The topological polar surface area (TPSA) is 85.9 Å². The van der Waals surface area contributed by atoms with E-state index in [2.05, 4.69) is 31.3 Å². The first-order valence-corrected chi connectivity index (χ1v) is 6.60. The van der Waals surface area contributed by atoms with Crippen molar-refractivity contribution in [2.24, 2.45) is 0 Å². The van der Waals surface area contributed by atoms with Crippen LogP contribution in [0.4, 0.5) is 10.5 Å². The zero-order chi connectivity index (χ0) is 14.5. The molecular weight excluding hydrogens is 332 g/mol. The molecule has 2 N–H and O–H groups in total. The minimum absolute atomic E-state index is 0.187. The van der Waals surface area contributed by atoms with Crippen molar-refractivity contribution in [1.82, 2.24) is 5.32 Å². The highest BCUT2D eigenvalue weighted by Crippen LogP contribution is 2.38. The molecule has 0 aromatic heterocycles. The first-order valence-electron chi connectivity index (χ1n) is 5.81. The molecule has 0 atom stereocenters. The van der Waals surface area contributed by atoms with Crippen LogP contribution in [0.15, 0.2) is 16.6 Å². The number of rotatable bonds is 3. The SMILES string of the molecule is COC(=O)NCC(=O)Nc1cc2c(cc1Br)OCCO2. The number of methoxy groups -OCH3 is 1. The lowest BCUT2D eigenvalue weighted by Gasteiger charge is -2.20. The van der Waals surface area contributed by atoms with E-state index >= 15 is 0 Å². The molecule has 1 aromatic carbocycles. The molecule has 0 aliphatic carbocycles. The molecule has 1 aromatic rings. The lowest BCUT2D eigenvalue weighted by atomic mass is 10.2. The van der Waals surface area contributed by atoms with Gasteiger partial charge in [-0.2, -0.15) is 0 Å². The van der Waals surface area contributed by atoms with E-state index in [-0.39, 0.29) is 12.5 Å². The normalized spacial score (nSPS) is 12.5. The third-order valence-electron chi connectivity index (χ3n) is 2.48. The van der Waals surface area contributed by atoms with E-state index in [1.165, 1.54) is 7.11 Å². The van der Waals surface area contributed by atoms with Crippen molar-refractivity contribution in [2.75, 3.05) is 32.2 Å². The Labute approximate surface area is 123 Å². The number of alkyl carbamates (subject to hydrolysis) is 1. The van der Waals surface area contributed by atoms with Crippen LogP contribution in [-0.2, 0) is 9.53 Å². The van der Waals surface area contributed by atoms with E-state index in [0.717, 1.165) is 0 Å². The maximum Gasteiger partial charge on any atom is 0.407 e. The second-order valence-electron chi connectivity index (χ2n) is 3.87. The smallest absolute Gasteiger partial charge is 0.407 e. The van der Waals surface area contributed by atoms with Crippen molar-refractivity contribution in [3.8, 4) is 11.5 Å². The molecule has 1 aliphatic heterocycles. The van der Waals surface area contributed by atoms with Crippen molar-refractivity contribution < 1.29 is 23.8 Å². The lowest BCUT2D eigenvalue weighted by Crippen LogP contribution is -2.32. The van der Waals surface area contributed by atoms with Crippen LogP contribution in [0.5, 0.6) is 11.5 Å². The predicted molar refractivity (Wildman–Crippen MR) is 74.2 cm³/mol. The quantitative estimate of drug-likeness (QED) is 0.868. The summed E-state index contributed by atoms with van der Waals surface area (Å²) in [6.07, 6.45) is -0.665. The van der Waals surface area contributed by atoms with Gasteiger partial charge in [0.15, 0.2) is 11.5 Å². The first-order chi connectivity index (χ1) is 9.60. The van der Waals surface area contributed by atoms with E-state index in [1.54, 1.807) is 12.1 Å². The molecule has 0 unspecified atom stereocenters. The molecule has 0 saturated carbocycles. The van der Waals surface area contributed by atoms with Gasteiger partial charge in [0.05, 0.1) is 12.8 Å². The zero-order valence-corrected chi connectivity index (χ0v) is 12.3. The van der Waals surface area contributed by atoms with Crippen LogP contribution < -0.4 is 20.1 Å². The Balaban J connectivity index is 2.02. The van der Waals surface area contributed by atoms with E-state index in [9.17, 15) is 9.59 Å². The van der Waals surface area contributed by atoms with Crippen LogP contribution in [0.1, 0.15) is 0 Å². The van der Waals surface area contributed by atoms with Gasteiger partial charge in [0.1, 0.15) is 19.8 Å². The number of anilines is 1. The summed E-state index contributed by atoms with van der Waals surface area (Å²) in [6, 6.07) is 3.38. The first kappa shape index (κ1) is 14.4. The van der Waals surface area contributed by atoms with Gasteiger partial charge in [0.2, 0.25) is 5.91 Å². The van der Waals surface area contributed by atoms with E-state index in [4.69, 9.17) is 9.47 Å². The number of carbonyl (C=O) groups is 2. The Morgan fingerprint density at radius 1 is 1.30 bits per heavy atom. The van der Waals surface area contributed by atoms with Crippen LogP contribution >= 0.6 is 15.9 Å². The van der Waals surface area contributed by atoms with Crippen LogP contribution in [0.2, 0.25) is 0 Å². The van der Waals surface area contributed by atoms with Gasteiger partial charge >= 0.3 is 6.09 Å². The summed E-state index contributed by atoms with van der Waals surface area (Å²) in [7, 11) is 1.23. The minimum Gasteiger partial charge on any atom is -0.486 e. The molecule has 0 saturated heterocycles. The number of ether oxygens (including phenoxy) is 3. The Morgan fingerprint density at radius 2 is 1.95 bits per heavy atom. The average Bonchev–Trinajstić information content (AvgIpc) is 2.45. The number of hydrogen-bond acceptors (Lipinski definition) is 5. The highest BCUT2D eigenvalue weighted by Gasteiger charge is 2.16. The second kappa shape index (κ2) is 6.47. The van der Waals surface area contributed by atoms with Gasteiger partial charge in [-0.3, -0.25) is 4.79 Å². The van der Waals surface area contributed by atoms with Crippen molar-refractivity contribution in [2.45, 2.75) is 0 Å². The molecule has 0 fully saturated rings.